The molecule has 0 radical (unpaired) electrons. The fourth-order valence-electron chi connectivity index (χ4n) is 1.73. The van der Waals surface area contributed by atoms with Crippen LogP contribution in [0.2, 0.25) is 5.02 Å². The van der Waals surface area contributed by atoms with Gasteiger partial charge in [0, 0.05) is 5.39 Å². The molecule has 0 saturated heterocycles. The van der Waals surface area contributed by atoms with Gasteiger partial charge in [0.15, 0.2) is 22.9 Å². The summed E-state index contributed by atoms with van der Waals surface area (Å²) in [4.78, 5) is 11.4. The van der Waals surface area contributed by atoms with E-state index in [0.717, 1.165) is 0 Å². The summed E-state index contributed by atoms with van der Waals surface area (Å²) >= 11 is 5.81. The molecule has 1 heterocycles. The first-order valence-corrected chi connectivity index (χ1v) is 4.95. The number of halogens is 1. The predicted molar refractivity (Wildman–Crippen MR) is 59.3 cm³/mol. The molecule has 1 aromatic carbocycles. The van der Waals surface area contributed by atoms with E-state index in [4.69, 9.17) is 16.0 Å². The molecule has 0 aliphatic carbocycles. The smallest absolute Gasteiger partial charge is 0.180 e. The zero-order chi connectivity index (χ0) is 12.0. The number of rotatable bonds is 1. The molecule has 2 N–H and O–H groups in total. The molecule has 2 aromatic rings. The van der Waals surface area contributed by atoms with Crippen molar-refractivity contribution in [2.45, 2.75) is 13.8 Å². The Morgan fingerprint density at radius 3 is 2.62 bits per heavy atom. The van der Waals surface area contributed by atoms with E-state index in [2.05, 4.69) is 0 Å². The molecule has 0 atom stereocenters. The largest absolute Gasteiger partial charge is 0.504 e. The van der Waals surface area contributed by atoms with Gasteiger partial charge in [0.2, 0.25) is 0 Å². The Balaban J connectivity index is 2.96. The number of phenolic OH excluding ortho intramolecular Hbond substituents is 2. The van der Waals surface area contributed by atoms with Crippen molar-refractivity contribution < 1.29 is 19.4 Å². The summed E-state index contributed by atoms with van der Waals surface area (Å²) < 4.78 is 5.30. The molecule has 4 nitrogen and oxygen atoms in total. The summed E-state index contributed by atoms with van der Waals surface area (Å²) in [5.74, 6) is -0.592. The summed E-state index contributed by atoms with van der Waals surface area (Å²) in [6.45, 7) is 3.02. The molecule has 0 aliphatic heterocycles. The number of aromatic hydroxyl groups is 2. The van der Waals surface area contributed by atoms with Crippen molar-refractivity contribution in [2.24, 2.45) is 0 Å². The van der Waals surface area contributed by atoms with Crippen molar-refractivity contribution in [3.05, 3.63) is 22.4 Å². The van der Waals surface area contributed by atoms with Gasteiger partial charge in [-0.15, -0.1) is 0 Å². The second-order valence-corrected chi connectivity index (χ2v) is 3.90. The van der Waals surface area contributed by atoms with E-state index < -0.39 is 5.75 Å². The van der Waals surface area contributed by atoms with Crippen LogP contribution in [0.5, 0.6) is 11.5 Å². The first kappa shape index (κ1) is 10.8. The number of aryl methyl sites for hydroxylation is 1. The highest BCUT2D eigenvalue weighted by molar-refractivity contribution is 6.37. The minimum atomic E-state index is -0.446. The second-order valence-electron chi connectivity index (χ2n) is 3.52. The fraction of sp³-hybridized carbons (Fsp3) is 0.182. The van der Waals surface area contributed by atoms with Crippen LogP contribution >= 0.6 is 11.6 Å². The van der Waals surface area contributed by atoms with Gasteiger partial charge in [0.05, 0.1) is 5.56 Å². The van der Waals surface area contributed by atoms with Crippen LogP contribution in [-0.4, -0.2) is 16.0 Å². The highest BCUT2D eigenvalue weighted by atomic mass is 35.5. The lowest BCUT2D eigenvalue weighted by molar-refractivity contribution is 0.101. The van der Waals surface area contributed by atoms with Gasteiger partial charge >= 0.3 is 0 Å². The number of Topliss-reactive ketones (excluding diaryl/α,β-unsaturated/α-hetero) is 1. The SMILES string of the molecule is CC(=O)c1c(C)oc2c(Cl)c(O)c(O)cc12. The third-order valence-electron chi connectivity index (χ3n) is 2.40. The van der Waals surface area contributed by atoms with Gasteiger partial charge in [0.25, 0.3) is 0 Å². The van der Waals surface area contributed by atoms with Gasteiger partial charge in [0.1, 0.15) is 10.8 Å². The minimum absolute atomic E-state index is 0.0920. The standard InChI is InChI=1S/C11H9ClO4/c1-4(13)8-5(2)16-11-6(8)3-7(14)10(15)9(11)12/h3,14-15H,1-2H3. The quantitative estimate of drug-likeness (QED) is 0.594. The molecule has 5 heteroatoms. The first-order chi connectivity index (χ1) is 7.43. The van der Waals surface area contributed by atoms with Crippen LogP contribution in [-0.2, 0) is 0 Å². The Labute approximate surface area is 96.1 Å². The third-order valence-corrected chi connectivity index (χ3v) is 2.75. The average molecular weight is 241 g/mol. The summed E-state index contributed by atoms with van der Waals surface area (Å²) in [6.07, 6.45) is 0. The lowest BCUT2D eigenvalue weighted by atomic mass is 10.1. The van der Waals surface area contributed by atoms with Crippen molar-refractivity contribution in [3.8, 4) is 11.5 Å². The molecule has 1 aromatic heterocycles. The van der Waals surface area contributed by atoms with Crippen LogP contribution < -0.4 is 0 Å². The molecule has 0 spiro atoms. The van der Waals surface area contributed by atoms with E-state index in [-0.39, 0.29) is 22.1 Å². The van der Waals surface area contributed by atoms with Crippen LogP contribution in [0.15, 0.2) is 10.5 Å². The molecule has 0 fully saturated rings. The number of ketones is 1. The molecular formula is C11H9ClO4. The summed E-state index contributed by atoms with van der Waals surface area (Å²) in [5.41, 5.74) is 0.576. The Hall–Kier alpha value is -1.68. The Morgan fingerprint density at radius 2 is 2.06 bits per heavy atom. The van der Waals surface area contributed by atoms with Crippen LogP contribution in [0.1, 0.15) is 23.0 Å². The number of benzene rings is 1. The summed E-state index contributed by atoms with van der Waals surface area (Å²) in [7, 11) is 0. The number of fused-ring (bicyclic) bond motifs is 1. The maximum absolute atomic E-state index is 11.4. The van der Waals surface area contributed by atoms with Gasteiger partial charge in [-0.2, -0.15) is 0 Å². The van der Waals surface area contributed by atoms with E-state index >= 15 is 0 Å². The van der Waals surface area contributed by atoms with Crippen LogP contribution in [0.3, 0.4) is 0 Å². The van der Waals surface area contributed by atoms with E-state index in [0.29, 0.717) is 16.7 Å². The molecule has 2 rings (SSSR count). The highest BCUT2D eigenvalue weighted by Gasteiger charge is 2.21. The topological polar surface area (TPSA) is 70.7 Å². The normalized spacial score (nSPS) is 10.9. The maximum atomic E-state index is 11.4. The van der Waals surface area contributed by atoms with Crippen molar-refractivity contribution >= 4 is 28.4 Å². The van der Waals surface area contributed by atoms with Gasteiger partial charge in [-0.1, -0.05) is 11.6 Å². The second kappa shape index (κ2) is 3.42. The fourth-order valence-corrected chi connectivity index (χ4v) is 1.96. The molecular weight excluding hydrogens is 232 g/mol. The monoisotopic (exact) mass is 240 g/mol. The summed E-state index contributed by atoms with van der Waals surface area (Å²) in [6, 6.07) is 1.27. The first-order valence-electron chi connectivity index (χ1n) is 4.58. The van der Waals surface area contributed by atoms with E-state index in [1.165, 1.54) is 13.0 Å². The predicted octanol–water partition coefficient (Wildman–Crippen LogP) is 3.01. The average Bonchev–Trinajstić information content (AvgIpc) is 2.51. The maximum Gasteiger partial charge on any atom is 0.180 e. The molecule has 0 unspecified atom stereocenters. The highest BCUT2D eigenvalue weighted by Crippen LogP contribution is 2.42. The van der Waals surface area contributed by atoms with E-state index in [1.54, 1.807) is 6.92 Å². The molecule has 0 amide bonds. The minimum Gasteiger partial charge on any atom is -0.504 e. The van der Waals surface area contributed by atoms with Crippen molar-refractivity contribution in [3.63, 3.8) is 0 Å². The number of carbonyl (C=O) groups is 1. The number of phenols is 2. The van der Waals surface area contributed by atoms with E-state index in [9.17, 15) is 15.0 Å². The lowest BCUT2D eigenvalue weighted by Crippen LogP contribution is -1.92. The van der Waals surface area contributed by atoms with Gasteiger partial charge in [-0.25, -0.2) is 0 Å². The molecule has 0 aliphatic rings. The van der Waals surface area contributed by atoms with Gasteiger partial charge in [-0.3, -0.25) is 4.79 Å². The zero-order valence-electron chi connectivity index (χ0n) is 8.67. The number of carbonyl (C=O) groups excluding carboxylic acids is 1. The third kappa shape index (κ3) is 1.34. The Kier molecular flexibility index (Phi) is 2.31. The Morgan fingerprint density at radius 1 is 1.44 bits per heavy atom. The van der Waals surface area contributed by atoms with Crippen molar-refractivity contribution in [1.29, 1.82) is 0 Å². The van der Waals surface area contributed by atoms with Crippen molar-refractivity contribution in [2.75, 3.05) is 0 Å². The van der Waals surface area contributed by atoms with Crippen LogP contribution in [0.4, 0.5) is 0 Å². The molecule has 0 saturated carbocycles. The van der Waals surface area contributed by atoms with E-state index in [1.807, 2.05) is 0 Å². The van der Waals surface area contributed by atoms with Gasteiger partial charge < -0.3 is 14.6 Å². The zero-order valence-corrected chi connectivity index (χ0v) is 9.42. The lowest BCUT2D eigenvalue weighted by Gasteiger charge is -2.00. The Bertz CT molecular complexity index is 598. The number of hydrogen-bond donors (Lipinski definition) is 2. The van der Waals surface area contributed by atoms with Crippen LogP contribution in [0, 0.1) is 6.92 Å². The molecule has 0 bridgehead atoms. The summed E-state index contributed by atoms with van der Waals surface area (Å²) in [5, 5.41) is 19.2. The van der Waals surface area contributed by atoms with Crippen molar-refractivity contribution in [1.82, 2.24) is 0 Å². The van der Waals surface area contributed by atoms with Gasteiger partial charge in [-0.05, 0) is 19.9 Å². The molecule has 84 valence electrons. The molecule has 16 heavy (non-hydrogen) atoms. The number of hydrogen-bond acceptors (Lipinski definition) is 4. The van der Waals surface area contributed by atoms with Crippen LogP contribution in [0.25, 0.3) is 11.0 Å². The number of furan rings is 1.